The first-order valence-electron chi connectivity index (χ1n) is 5.92. The molecule has 0 spiro atoms. The number of nitrogens with zero attached hydrogens (tertiary/aromatic N) is 3. The van der Waals surface area contributed by atoms with E-state index in [9.17, 15) is 9.59 Å². The number of carbonyl (C=O) groups excluding carboxylic acids is 2. The number of aromatic nitrogens is 2. The van der Waals surface area contributed by atoms with Crippen molar-refractivity contribution in [1.82, 2.24) is 14.9 Å². The predicted octanol–water partition coefficient (Wildman–Crippen LogP) is 0.542. The number of rotatable bonds is 5. The monoisotopic (exact) mass is 266 g/mol. The minimum absolute atomic E-state index is 0.0454. The number of nitrogens with one attached hydrogen (secondary N) is 1. The summed E-state index contributed by atoms with van der Waals surface area (Å²) in [6.07, 6.45) is 1.43. The zero-order chi connectivity index (χ0) is 14.4. The van der Waals surface area contributed by atoms with E-state index in [1.54, 1.807) is 24.9 Å². The Balaban J connectivity index is 2.77. The highest BCUT2D eigenvalue weighted by Gasteiger charge is 2.17. The van der Waals surface area contributed by atoms with Crippen LogP contribution in [-0.4, -0.2) is 53.5 Å². The van der Waals surface area contributed by atoms with Gasteiger partial charge in [0, 0.05) is 19.8 Å². The zero-order valence-electron chi connectivity index (χ0n) is 11.5. The molecule has 1 amide bonds. The number of esters is 1. The molecule has 1 aromatic heterocycles. The molecule has 0 radical (unpaired) electrons. The number of likely N-dealkylation sites (N-methyl/N-ethyl adjacent to an activating group) is 1. The molecule has 0 bridgehead atoms. The normalized spacial score (nSPS) is 11.6. The van der Waals surface area contributed by atoms with Crippen molar-refractivity contribution in [3.63, 3.8) is 0 Å². The molecule has 19 heavy (non-hydrogen) atoms. The molecule has 1 rings (SSSR count). The molecule has 0 aromatic carbocycles. The Morgan fingerprint density at radius 3 is 2.79 bits per heavy atom. The van der Waals surface area contributed by atoms with Crippen molar-refractivity contribution in [2.24, 2.45) is 0 Å². The lowest BCUT2D eigenvalue weighted by Gasteiger charge is -2.20. The van der Waals surface area contributed by atoms with Crippen LogP contribution in [0.5, 0.6) is 0 Å². The van der Waals surface area contributed by atoms with Crippen LogP contribution in [0.2, 0.25) is 0 Å². The van der Waals surface area contributed by atoms with Crippen molar-refractivity contribution in [3.05, 3.63) is 18.1 Å². The molecule has 1 heterocycles. The van der Waals surface area contributed by atoms with Crippen molar-refractivity contribution in [2.45, 2.75) is 19.9 Å². The van der Waals surface area contributed by atoms with Crippen LogP contribution in [0.1, 0.15) is 24.5 Å². The third-order valence-corrected chi connectivity index (χ3v) is 2.61. The van der Waals surface area contributed by atoms with Gasteiger partial charge in [0.15, 0.2) is 0 Å². The Labute approximate surface area is 112 Å². The van der Waals surface area contributed by atoms with E-state index in [2.05, 4.69) is 20.0 Å². The minimum Gasteiger partial charge on any atom is -0.463 e. The Bertz CT molecular complexity index is 464. The van der Waals surface area contributed by atoms with Crippen molar-refractivity contribution in [1.29, 1.82) is 0 Å². The van der Waals surface area contributed by atoms with Gasteiger partial charge in [-0.15, -0.1) is 0 Å². The lowest BCUT2D eigenvalue weighted by atomic mass is 10.3. The van der Waals surface area contributed by atoms with E-state index in [0.717, 1.165) is 0 Å². The first kappa shape index (κ1) is 14.9. The molecule has 1 unspecified atom stereocenters. The first-order chi connectivity index (χ1) is 8.99. The van der Waals surface area contributed by atoms with Crippen LogP contribution in [0, 0.1) is 0 Å². The standard InChI is InChI=1S/C12H18N4O3/c1-5-16(3)11(17)8(2)14-9-6-7-13-10(15-9)12(18)19-4/h6-8H,5H2,1-4H3,(H,13,14,15). The quantitative estimate of drug-likeness (QED) is 0.783. The summed E-state index contributed by atoms with van der Waals surface area (Å²) in [5.74, 6) is -0.314. The molecule has 0 fully saturated rings. The number of carbonyl (C=O) groups is 2. The lowest BCUT2D eigenvalue weighted by molar-refractivity contribution is -0.130. The topological polar surface area (TPSA) is 84.4 Å². The highest BCUT2D eigenvalue weighted by molar-refractivity contribution is 5.86. The summed E-state index contributed by atoms with van der Waals surface area (Å²) in [7, 11) is 2.98. The molecular weight excluding hydrogens is 248 g/mol. The average Bonchev–Trinajstić information content (AvgIpc) is 2.44. The molecule has 0 saturated carbocycles. The van der Waals surface area contributed by atoms with Crippen LogP contribution in [0.4, 0.5) is 5.82 Å². The average molecular weight is 266 g/mol. The summed E-state index contributed by atoms with van der Waals surface area (Å²) in [5.41, 5.74) is 0. The maximum absolute atomic E-state index is 11.9. The molecule has 0 saturated heterocycles. The summed E-state index contributed by atoms with van der Waals surface area (Å²) < 4.78 is 4.53. The molecule has 1 aromatic rings. The molecule has 1 N–H and O–H groups in total. The molecule has 7 heteroatoms. The van der Waals surface area contributed by atoms with E-state index in [1.807, 2.05) is 6.92 Å². The number of hydrogen-bond donors (Lipinski definition) is 1. The van der Waals surface area contributed by atoms with Gasteiger partial charge in [0.1, 0.15) is 11.9 Å². The SMILES string of the molecule is CCN(C)C(=O)C(C)Nc1ccnc(C(=O)OC)n1. The van der Waals surface area contributed by atoms with Gasteiger partial charge in [-0.25, -0.2) is 14.8 Å². The Morgan fingerprint density at radius 1 is 1.53 bits per heavy atom. The summed E-state index contributed by atoms with van der Waals surface area (Å²) in [4.78, 5) is 32.5. The molecule has 7 nitrogen and oxygen atoms in total. The fourth-order valence-corrected chi connectivity index (χ4v) is 1.40. The lowest BCUT2D eigenvalue weighted by Crippen LogP contribution is -2.39. The van der Waals surface area contributed by atoms with Gasteiger partial charge >= 0.3 is 5.97 Å². The second-order valence-corrected chi connectivity index (χ2v) is 3.98. The van der Waals surface area contributed by atoms with Crippen LogP contribution in [0.3, 0.4) is 0 Å². The van der Waals surface area contributed by atoms with Gasteiger partial charge in [-0.2, -0.15) is 0 Å². The second kappa shape index (κ2) is 6.67. The van der Waals surface area contributed by atoms with E-state index in [1.165, 1.54) is 13.3 Å². The molecule has 0 aliphatic carbocycles. The summed E-state index contributed by atoms with van der Waals surface area (Å²) in [6.45, 7) is 4.25. The van der Waals surface area contributed by atoms with E-state index >= 15 is 0 Å². The minimum atomic E-state index is -0.617. The van der Waals surface area contributed by atoms with E-state index in [4.69, 9.17) is 0 Å². The highest BCUT2D eigenvalue weighted by atomic mass is 16.5. The van der Waals surface area contributed by atoms with E-state index in [-0.39, 0.29) is 11.7 Å². The Morgan fingerprint density at radius 2 is 2.21 bits per heavy atom. The van der Waals surface area contributed by atoms with Crippen molar-refractivity contribution in [2.75, 3.05) is 26.0 Å². The van der Waals surface area contributed by atoms with Gasteiger partial charge in [-0.1, -0.05) is 0 Å². The van der Waals surface area contributed by atoms with Gasteiger partial charge < -0.3 is 15.0 Å². The number of amides is 1. The van der Waals surface area contributed by atoms with Crippen molar-refractivity contribution in [3.8, 4) is 0 Å². The van der Waals surface area contributed by atoms with Crippen LogP contribution in [0.15, 0.2) is 12.3 Å². The summed E-state index contributed by atoms with van der Waals surface area (Å²) >= 11 is 0. The maximum atomic E-state index is 11.9. The third-order valence-electron chi connectivity index (χ3n) is 2.61. The molecular formula is C12H18N4O3. The number of hydrogen-bond acceptors (Lipinski definition) is 6. The predicted molar refractivity (Wildman–Crippen MR) is 69.8 cm³/mol. The van der Waals surface area contributed by atoms with Crippen molar-refractivity contribution >= 4 is 17.7 Å². The Kier molecular flexibility index (Phi) is 5.23. The summed E-state index contributed by atoms with van der Waals surface area (Å²) in [5, 5.41) is 2.93. The number of methoxy groups -OCH3 is 1. The van der Waals surface area contributed by atoms with Gasteiger partial charge in [-0.05, 0) is 19.9 Å². The van der Waals surface area contributed by atoms with E-state index < -0.39 is 12.0 Å². The second-order valence-electron chi connectivity index (χ2n) is 3.98. The van der Waals surface area contributed by atoms with Crippen LogP contribution >= 0.6 is 0 Å². The number of anilines is 1. The largest absolute Gasteiger partial charge is 0.463 e. The molecule has 104 valence electrons. The third kappa shape index (κ3) is 3.90. The molecule has 0 aliphatic rings. The van der Waals surface area contributed by atoms with Crippen molar-refractivity contribution < 1.29 is 14.3 Å². The zero-order valence-corrected chi connectivity index (χ0v) is 11.5. The van der Waals surface area contributed by atoms with Crippen LogP contribution in [-0.2, 0) is 9.53 Å². The Hall–Kier alpha value is -2.18. The fourth-order valence-electron chi connectivity index (χ4n) is 1.40. The summed E-state index contributed by atoms with van der Waals surface area (Å²) in [6, 6.07) is 1.15. The molecule has 0 aliphatic heterocycles. The fraction of sp³-hybridized carbons (Fsp3) is 0.500. The van der Waals surface area contributed by atoms with E-state index in [0.29, 0.717) is 12.4 Å². The maximum Gasteiger partial charge on any atom is 0.376 e. The van der Waals surface area contributed by atoms with Gasteiger partial charge in [0.25, 0.3) is 0 Å². The van der Waals surface area contributed by atoms with Gasteiger partial charge in [0.05, 0.1) is 7.11 Å². The first-order valence-corrected chi connectivity index (χ1v) is 5.92. The number of ether oxygens (including phenoxy) is 1. The van der Waals surface area contributed by atoms with Gasteiger partial charge in [-0.3, -0.25) is 4.79 Å². The molecule has 1 atom stereocenters. The van der Waals surface area contributed by atoms with Crippen LogP contribution in [0.25, 0.3) is 0 Å². The van der Waals surface area contributed by atoms with Crippen LogP contribution < -0.4 is 5.32 Å². The smallest absolute Gasteiger partial charge is 0.376 e. The van der Waals surface area contributed by atoms with Gasteiger partial charge in [0.2, 0.25) is 11.7 Å². The highest BCUT2D eigenvalue weighted by Crippen LogP contribution is 2.06.